The molecule has 1 unspecified atom stereocenters. The first-order chi connectivity index (χ1) is 16.0. The summed E-state index contributed by atoms with van der Waals surface area (Å²) in [5, 5.41) is 23.3. The molecule has 11 heteroatoms. The van der Waals surface area contributed by atoms with Gasteiger partial charge in [-0.25, -0.2) is 0 Å². The van der Waals surface area contributed by atoms with Gasteiger partial charge in [0, 0.05) is 31.2 Å². The molecule has 2 aromatic rings. The number of nitriles is 1. The smallest absolute Gasteiger partial charge is 0.241 e. The van der Waals surface area contributed by atoms with E-state index in [9.17, 15) is 14.9 Å². The molecular formula is C22H27N9O2. The standard InChI is InChI=1S/C22H27N9O2/c1-13(14-4-6-15(7-5-14)20-25-27-28-26-20)31-17-9-19(22(31)33)29(11-17)12-18(24)21(32)30-8-2-3-16(30)10-23/h4-7,13,16-19H,2-3,8-9,11-12,24H2,1H3,(H,25,26,27,28)/t13-,16-,17?,18-,19-/m0/s1. The van der Waals surface area contributed by atoms with E-state index in [1.54, 1.807) is 4.90 Å². The van der Waals surface area contributed by atoms with Gasteiger partial charge in [0.25, 0.3) is 0 Å². The molecule has 3 aliphatic heterocycles. The van der Waals surface area contributed by atoms with Gasteiger partial charge in [0.15, 0.2) is 0 Å². The van der Waals surface area contributed by atoms with E-state index < -0.39 is 6.04 Å². The molecule has 5 rings (SSSR count). The third-order valence-electron chi connectivity index (χ3n) is 7.16. The largest absolute Gasteiger partial charge is 0.330 e. The minimum absolute atomic E-state index is 0.0646. The lowest BCUT2D eigenvalue weighted by atomic mass is 10.0. The van der Waals surface area contributed by atoms with E-state index >= 15 is 0 Å². The first-order valence-corrected chi connectivity index (χ1v) is 11.3. The average Bonchev–Trinajstić information content (AvgIpc) is 3.62. The van der Waals surface area contributed by atoms with Crippen LogP contribution in [0.25, 0.3) is 11.4 Å². The highest BCUT2D eigenvalue weighted by Crippen LogP contribution is 2.38. The van der Waals surface area contributed by atoms with Crippen molar-refractivity contribution in [2.45, 2.75) is 56.4 Å². The van der Waals surface area contributed by atoms with Crippen molar-refractivity contribution >= 4 is 11.8 Å². The molecule has 3 aliphatic rings. The first kappa shape index (κ1) is 21.5. The number of H-pyrrole nitrogens is 1. The highest BCUT2D eigenvalue weighted by atomic mass is 16.2. The van der Waals surface area contributed by atoms with Gasteiger partial charge in [0.1, 0.15) is 6.04 Å². The molecule has 3 saturated heterocycles. The molecule has 1 aromatic carbocycles. The van der Waals surface area contributed by atoms with Crippen molar-refractivity contribution in [3.05, 3.63) is 29.8 Å². The average molecular weight is 450 g/mol. The molecule has 0 spiro atoms. The number of nitrogens with two attached hydrogens (primary N) is 1. The van der Waals surface area contributed by atoms with E-state index in [1.165, 1.54) is 0 Å². The Kier molecular flexibility index (Phi) is 5.55. The topological polar surface area (TPSA) is 148 Å². The number of hydrogen-bond acceptors (Lipinski definition) is 8. The molecule has 0 aliphatic carbocycles. The Morgan fingerprint density at radius 3 is 2.82 bits per heavy atom. The molecule has 5 atom stereocenters. The van der Waals surface area contributed by atoms with Gasteiger partial charge in [-0.05, 0) is 37.0 Å². The van der Waals surface area contributed by atoms with Crippen LogP contribution >= 0.6 is 0 Å². The van der Waals surface area contributed by atoms with Crippen LogP contribution in [0.4, 0.5) is 0 Å². The zero-order valence-electron chi connectivity index (χ0n) is 18.5. The SMILES string of the molecule is C[C@@H](c1ccc(-c2nn[nH]n2)cc1)N1C(=O)[C@@H]2CC1CN2C[C@H](N)C(=O)N1CCC[C@H]1C#N. The van der Waals surface area contributed by atoms with Gasteiger partial charge in [0.05, 0.1) is 24.2 Å². The number of aromatic amines is 1. The van der Waals surface area contributed by atoms with Crippen molar-refractivity contribution in [3.8, 4) is 17.5 Å². The van der Waals surface area contributed by atoms with Crippen LogP contribution in [-0.4, -0.2) is 90.9 Å². The van der Waals surface area contributed by atoms with E-state index in [4.69, 9.17) is 5.73 Å². The van der Waals surface area contributed by atoms with Crippen LogP contribution in [0.3, 0.4) is 0 Å². The summed E-state index contributed by atoms with van der Waals surface area (Å²) >= 11 is 0. The molecule has 2 bridgehead atoms. The number of likely N-dealkylation sites (tertiary alicyclic amines) is 3. The maximum absolute atomic E-state index is 13.2. The number of aromatic nitrogens is 4. The third-order valence-corrected chi connectivity index (χ3v) is 7.16. The van der Waals surface area contributed by atoms with Gasteiger partial charge in [-0.2, -0.15) is 10.5 Å². The summed E-state index contributed by atoms with van der Waals surface area (Å²) in [5.41, 5.74) is 8.12. The van der Waals surface area contributed by atoms with Crippen molar-refractivity contribution in [1.82, 2.24) is 35.3 Å². The van der Waals surface area contributed by atoms with Gasteiger partial charge < -0.3 is 15.5 Å². The van der Waals surface area contributed by atoms with Gasteiger partial charge in [-0.1, -0.05) is 24.3 Å². The monoisotopic (exact) mass is 449 g/mol. The summed E-state index contributed by atoms with van der Waals surface area (Å²) in [5.74, 6) is 0.417. The Labute approximate surface area is 191 Å². The van der Waals surface area contributed by atoms with Gasteiger partial charge in [-0.15, -0.1) is 10.2 Å². The van der Waals surface area contributed by atoms with Crippen molar-refractivity contribution in [1.29, 1.82) is 5.26 Å². The van der Waals surface area contributed by atoms with E-state index in [1.807, 2.05) is 41.0 Å². The molecule has 3 fully saturated rings. The number of nitrogens with zero attached hydrogens (tertiary/aromatic N) is 7. The quantitative estimate of drug-likeness (QED) is 0.629. The number of benzene rings is 1. The van der Waals surface area contributed by atoms with Crippen molar-refractivity contribution in [2.75, 3.05) is 19.6 Å². The minimum Gasteiger partial charge on any atom is -0.330 e. The summed E-state index contributed by atoms with van der Waals surface area (Å²) in [6.45, 7) is 3.65. The lowest BCUT2D eigenvalue weighted by Crippen LogP contribution is -2.56. The molecular weight excluding hydrogens is 422 g/mol. The molecule has 11 nitrogen and oxygen atoms in total. The highest BCUT2D eigenvalue weighted by molar-refractivity contribution is 5.87. The molecule has 0 radical (unpaired) electrons. The molecule has 0 saturated carbocycles. The van der Waals surface area contributed by atoms with Crippen molar-refractivity contribution in [3.63, 3.8) is 0 Å². The van der Waals surface area contributed by atoms with Crippen LogP contribution in [0.1, 0.15) is 37.8 Å². The molecule has 172 valence electrons. The van der Waals surface area contributed by atoms with Gasteiger partial charge in [-0.3, -0.25) is 14.5 Å². The number of amides is 2. The second-order valence-electron chi connectivity index (χ2n) is 9.06. The van der Waals surface area contributed by atoms with Crippen molar-refractivity contribution in [2.24, 2.45) is 5.73 Å². The van der Waals surface area contributed by atoms with Gasteiger partial charge >= 0.3 is 0 Å². The molecule has 2 amide bonds. The summed E-state index contributed by atoms with van der Waals surface area (Å²) in [4.78, 5) is 31.6. The van der Waals surface area contributed by atoms with E-state index in [0.717, 1.165) is 24.0 Å². The Morgan fingerprint density at radius 1 is 1.36 bits per heavy atom. The van der Waals surface area contributed by atoms with Crippen molar-refractivity contribution < 1.29 is 9.59 Å². The number of fused-ring (bicyclic) bond motifs is 2. The first-order valence-electron chi connectivity index (χ1n) is 11.3. The second-order valence-corrected chi connectivity index (χ2v) is 9.06. The summed E-state index contributed by atoms with van der Waals surface area (Å²) in [7, 11) is 0. The summed E-state index contributed by atoms with van der Waals surface area (Å²) in [6.07, 6.45) is 2.27. The maximum atomic E-state index is 13.2. The summed E-state index contributed by atoms with van der Waals surface area (Å²) in [6, 6.07) is 8.69. The lowest BCUT2D eigenvalue weighted by Gasteiger charge is -2.38. The molecule has 1 aromatic heterocycles. The zero-order valence-corrected chi connectivity index (χ0v) is 18.5. The second kappa shape index (κ2) is 8.53. The normalized spacial score (nSPS) is 26.6. The molecule has 4 heterocycles. The molecule has 3 N–H and O–H groups in total. The predicted octanol–water partition coefficient (Wildman–Crippen LogP) is 0.0547. The minimum atomic E-state index is -0.727. The predicted molar refractivity (Wildman–Crippen MR) is 117 cm³/mol. The highest BCUT2D eigenvalue weighted by Gasteiger charge is 2.51. The number of tetrazole rings is 1. The van der Waals surface area contributed by atoms with Crippen LogP contribution in [0.2, 0.25) is 0 Å². The van der Waals surface area contributed by atoms with Crippen LogP contribution in [0.15, 0.2) is 24.3 Å². The van der Waals surface area contributed by atoms with Crippen LogP contribution in [0.5, 0.6) is 0 Å². The fourth-order valence-corrected chi connectivity index (χ4v) is 5.46. The Balaban J connectivity index is 1.22. The Morgan fingerprint density at radius 2 is 2.15 bits per heavy atom. The zero-order chi connectivity index (χ0) is 23.1. The van der Waals surface area contributed by atoms with Gasteiger partial charge in [0.2, 0.25) is 17.6 Å². The Bertz CT molecular complexity index is 1060. The fourth-order valence-electron chi connectivity index (χ4n) is 5.46. The van der Waals surface area contributed by atoms with Crippen LogP contribution in [0, 0.1) is 11.3 Å². The number of carbonyl (C=O) groups excluding carboxylic acids is 2. The lowest BCUT2D eigenvalue weighted by molar-refractivity contribution is -0.140. The van der Waals surface area contributed by atoms with E-state index in [-0.39, 0.29) is 36.0 Å². The number of hydrogen-bond donors (Lipinski definition) is 2. The van der Waals surface area contributed by atoms with Crippen LogP contribution in [-0.2, 0) is 9.59 Å². The van der Waals surface area contributed by atoms with E-state index in [0.29, 0.717) is 31.9 Å². The number of piperazine rings is 1. The number of carbonyl (C=O) groups is 2. The Hall–Kier alpha value is -3.36. The number of nitrogens with one attached hydrogen (secondary N) is 1. The summed E-state index contributed by atoms with van der Waals surface area (Å²) < 4.78 is 0. The molecule has 33 heavy (non-hydrogen) atoms. The van der Waals surface area contributed by atoms with E-state index in [2.05, 4.69) is 26.7 Å². The number of rotatable bonds is 6. The fraction of sp³-hybridized carbons (Fsp3) is 0.545. The van der Waals surface area contributed by atoms with Crippen LogP contribution < -0.4 is 5.73 Å². The third kappa shape index (κ3) is 3.75. The maximum Gasteiger partial charge on any atom is 0.241 e.